The highest BCUT2D eigenvalue weighted by Crippen LogP contribution is 2.19. The molecule has 0 aromatic heterocycles. The zero-order valence-corrected chi connectivity index (χ0v) is 9.09. The Morgan fingerprint density at radius 2 is 2.00 bits per heavy atom. The molecule has 1 heterocycles. The summed E-state index contributed by atoms with van der Waals surface area (Å²) in [6.45, 7) is 5.64. The van der Waals surface area contributed by atoms with E-state index in [2.05, 4.69) is 43.4 Å². The molecule has 0 saturated carbocycles. The van der Waals surface area contributed by atoms with Crippen molar-refractivity contribution in [2.75, 3.05) is 0 Å². The molecule has 0 spiro atoms. The molecule has 2 rings (SSSR count). The Morgan fingerprint density at radius 3 is 2.71 bits per heavy atom. The minimum absolute atomic E-state index is 0.685. The summed E-state index contributed by atoms with van der Waals surface area (Å²) in [6, 6.07) is 9.46. The second kappa shape index (κ2) is 4.14. The van der Waals surface area contributed by atoms with E-state index >= 15 is 0 Å². The molecule has 1 aromatic rings. The molecule has 0 fully saturated rings. The van der Waals surface area contributed by atoms with Crippen LogP contribution >= 0.6 is 0 Å². The standard InChI is InChI=1S/C13H19N/c1-10(2)7-13-8-11-5-3-4-6-12(11)9-14-13/h3-6,10,13-14H,7-9H2,1-2H3. The van der Waals surface area contributed by atoms with Gasteiger partial charge >= 0.3 is 0 Å². The van der Waals surface area contributed by atoms with E-state index in [1.807, 2.05) is 0 Å². The molecule has 0 saturated heterocycles. The average molecular weight is 189 g/mol. The van der Waals surface area contributed by atoms with E-state index in [1.165, 1.54) is 24.0 Å². The highest BCUT2D eigenvalue weighted by Gasteiger charge is 2.17. The predicted molar refractivity (Wildman–Crippen MR) is 60.2 cm³/mol. The second-order valence-electron chi connectivity index (χ2n) is 4.68. The van der Waals surface area contributed by atoms with Crippen molar-refractivity contribution in [3.8, 4) is 0 Å². The van der Waals surface area contributed by atoms with Gasteiger partial charge in [0.05, 0.1) is 0 Å². The van der Waals surface area contributed by atoms with Gasteiger partial charge < -0.3 is 5.32 Å². The Balaban J connectivity index is 2.06. The van der Waals surface area contributed by atoms with Gasteiger partial charge in [0.15, 0.2) is 0 Å². The molecule has 0 amide bonds. The first kappa shape index (κ1) is 9.72. The van der Waals surface area contributed by atoms with Crippen LogP contribution in [0.1, 0.15) is 31.4 Å². The topological polar surface area (TPSA) is 12.0 Å². The lowest BCUT2D eigenvalue weighted by Crippen LogP contribution is -2.36. The fourth-order valence-corrected chi connectivity index (χ4v) is 2.26. The number of rotatable bonds is 2. The Hall–Kier alpha value is -0.820. The highest BCUT2D eigenvalue weighted by molar-refractivity contribution is 5.29. The molecule has 1 aliphatic heterocycles. The number of benzene rings is 1. The summed E-state index contributed by atoms with van der Waals surface area (Å²) < 4.78 is 0. The van der Waals surface area contributed by atoms with Gasteiger partial charge in [-0.1, -0.05) is 38.1 Å². The van der Waals surface area contributed by atoms with Crippen molar-refractivity contribution in [3.63, 3.8) is 0 Å². The Kier molecular flexibility index (Phi) is 2.87. The first-order valence-corrected chi connectivity index (χ1v) is 5.56. The molecule has 1 N–H and O–H groups in total. The smallest absolute Gasteiger partial charge is 0.0210 e. The van der Waals surface area contributed by atoms with Crippen molar-refractivity contribution < 1.29 is 0 Å². The van der Waals surface area contributed by atoms with Crippen LogP contribution in [0.25, 0.3) is 0 Å². The van der Waals surface area contributed by atoms with Crippen LogP contribution in [0, 0.1) is 5.92 Å². The van der Waals surface area contributed by atoms with E-state index in [0.717, 1.165) is 12.5 Å². The van der Waals surface area contributed by atoms with Crippen LogP contribution in [-0.2, 0) is 13.0 Å². The first-order valence-electron chi connectivity index (χ1n) is 5.56. The van der Waals surface area contributed by atoms with E-state index in [9.17, 15) is 0 Å². The molecule has 1 atom stereocenters. The SMILES string of the molecule is CC(C)CC1Cc2ccccc2CN1. The van der Waals surface area contributed by atoms with Crippen LogP contribution in [0.2, 0.25) is 0 Å². The van der Waals surface area contributed by atoms with E-state index in [0.29, 0.717) is 6.04 Å². The van der Waals surface area contributed by atoms with Crippen molar-refractivity contribution in [3.05, 3.63) is 35.4 Å². The van der Waals surface area contributed by atoms with Gasteiger partial charge in [0.2, 0.25) is 0 Å². The maximum absolute atomic E-state index is 3.61. The number of hydrogen-bond donors (Lipinski definition) is 1. The summed E-state index contributed by atoms with van der Waals surface area (Å²) in [7, 11) is 0. The van der Waals surface area contributed by atoms with E-state index in [4.69, 9.17) is 0 Å². The first-order chi connectivity index (χ1) is 6.75. The highest BCUT2D eigenvalue weighted by atomic mass is 14.9. The summed E-state index contributed by atoms with van der Waals surface area (Å²) in [5.41, 5.74) is 3.02. The lowest BCUT2D eigenvalue weighted by Gasteiger charge is -2.27. The second-order valence-corrected chi connectivity index (χ2v) is 4.68. The molecule has 0 bridgehead atoms. The molecule has 1 aromatic carbocycles. The van der Waals surface area contributed by atoms with E-state index in [1.54, 1.807) is 0 Å². The van der Waals surface area contributed by atoms with Crippen LogP contribution in [0.5, 0.6) is 0 Å². The minimum Gasteiger partial charge on any atom is -0.310 e. The third-order valence-corrected chi connectivity index (χ3v) is 2.92. The molecule has 76 valence electrons. The monoisotopic (exact) mass is 189 g/mol. The largest absolute Gasteiger partial charge is 0.310 e. The third kappa shape index (κ3) is 2.16. The van der Waals surface area contributed by atoms with Gasteiger partial charge in [0.1, 0.15) is 0 Å². The number of nitrogens with one attached hydrogen (secondary N) is 1. The van der Waals surface area contributed by atoms with Crippen molar-refractivity contribution in [1.29, 1.82) is 0 Å². The normalized spacial score (nSPS) is 20.9. The van der Waals surface area contributed by atoms with Gasteiger partial charge in [-0.2, -0.15) is 0 Å². The summed E-state index contributed by atoms with van der Waals surface area (Å²) in [5, 5.41) is 3.61. The Bertz CT molecular complexity index is 304. The van der Waals surface area contributed by atoms with Crippen LogP contribution < -0.4 is 5.32 Å². The van der Waals surface area contributed by atoms with E-state index < -0.39 is 0 Å². The van der Waals surface area contributed by atoms with Crippen LogP contribution in [0.15, 0.2) is 24.3 Å². The lowest BCUT2D eigenvalue weighted by atomic mass is 9.91. The van der Waals surface area contributed by atoms with Gasteiger partial charge in [-0.3, -0.25) is 0 Å². The van der Waals surface area contributed by atoms with Gasteiger partial charge in [-0.05, 0) is 29.9 Å². The quantitative estimate of drug-likeness (QED) is 0.754. The summed E-state index contributed by atoms with van der Waals surface area (Å²) in [4.78, 5) is 0. The molecule has 0 aliphatic carbocycles. The fraction of sp³-hybridized carbons (Fsp3) is 0.538. The van der Waals surface area contributed by atoms with Crippen LogP contribution in [0.4, 0.5) is 0 Å². The maximum Gasteiger partial charge on any atom is 0.0210 e. The zero-order valence-electron chi connectivity index (χ0n) is 9.09. The molecule has 14 heavy (non-hydrogen) atoms. The zero-order chi connectivity index (χ0) is 9.97. The van der Waals surface area contributed by atoms with Crippen molar-refractivity contribution in [2.24, 2.45) is 5.92 Å². The minimum atomic E-state index is 0.685. The number of hydrogen-bond acceptors (Lipinski definition) is 1. The van der Waals surface area contributed by atoms with Crippen LogP contribution in [-0.4, -0.2) is 6.04 Å². The molecular formula is C13H19N. The van der Waals surface area contributed by atoms with Crippen LogP contribution in [0.3, 0.4) is 0 Å². The van der Waals surface area contributed by atoms with Gasteiger partial charge in [-0.25, -0.2) is 0 Å². The van der Waals surface area contributed by atoms with Gasteiger partial charge in [0, 0.05) is 12.6 Å². The third-order valence-electron chi connectivity index (χ3n) is 2.92. The van der Waals surface area contributed by atoms with Crippen molar-refractivity contribution >= 4 is 0 Å². The predicted octanol–water partition coefficient (Wildman–Crippen LogP) is 2.75. The summed E-state index contributed by atoms with van der Waals surface area (Å²) >= 11 is 0. The Morgan fingerprint density at radius 1 is 1.29 bits per heavy atom. The van der Waals surface area contributed by atoms with Gasteiger partial charge in [-0.15, -0.1) is 0 Å². The molecular weight excluding hydrogens is 170 g/mol. The summed E-state index contributed by atoms with van der Waals surface area (Å²) in [6.07, 6.45) is 2.49. The molecule has 1 nitrogen and oxygen atoms in total. The summed E-state index contributed by atoms with van der Waals surface area (Å²) in [5.74, 6) is 0.790. The fourth-order valence-electron chi connectivity index (χ4n) is 2.26. The average Bonchev–Trinajstić information content (AvgIpc) is 2.17. The van der Waals surface area contributed by atoms with Crippen molar-refractivity contribution in [2.45, 2.75) is 39.3 Å². The van der Waals surface area contributed by atoms with E-state index in [-0.39, 0.29) is 0 Å². The van der Waals surface area contributed by atoms with Crippen molar-refractivity contribution in [1.82, 2.24) is 5.32 Å². The molecule has 0 radical (unpaired) electrons. The molecule has 1 heteroatoms. The van der Waals surface area contributed by atoms with Gasteiger partial charge in [0.25, 0.3) is 0 Å². The lowest BCUT2D eigenvalue weighted by molar-refractivity contribution is 0.398. The molecule has 1 aliphatic rings. The Labute approximate surface area is 86.5 Å². The molecule has 1 unspecified atom stereocenters. The maximum atomic E-state index is 3.61. The number of fused-ring (bicyclic) bond motifs is 1.